The molecule has 2 rings (SSSR count). The molecule has 0 aliphatic heterocycles. The van der Waals surface area contributed by atoms with Gasteiger partial charge in [0.2, 0.25) is 0 Å². The molecule has 82 valence electrons. The molecule has 0 aliphatic rings. The maximum absolute atomic E-state index is 11.7. The first-order valence-corrected chi connectivity index (χ1v) is 4.98. The third kappa shape index (κ3) is 1.69. The van der Waals surface area contributed by atoms with Gasteiger partial charge >= 0.3 is 0 Å². The van der Waals surface area contributed by atoms with Crippen LogP contribution in [0.1, 0.15) is 11.4 Å². The molecule has 0 fully saturated rings. The summed E-state index contributed by atoms with van der Waals surface area (Å²) in [5.74, 6) is 0. The smallest absolute Gasteiger partial charge is 0.269 e. The van der Waals surface area contributed by atoms with E-state index in [4.69, 9.17) is 0 Å². The minimum atomic E-state index is -0.127. The molecule has 0 N–H and O–H groups in total. The zero-order valence-corrected chi connectivity index (χ0v) is 9.18. The van der Waals surface area contributed by atoms with Crippen LogP contribution in [0.4, 0.5) is 0 Å². The Bertz CT molecular complexity index is 612. The van der Waals surface area contributed by atoms with Crippen LogP contribution < -0.4 is 11.0 Å². The van der Waals surface area contributed by atoms with Crippen molar-refractivity contribution in [3.05, 3.63) is 68.5 Å². The maximum Gasteiger partial charge on any atom is 0.269 e. The Morgan fingerprint density at radius 1 is 1.00 bits per heavy atom. The topological polar surface area (TPSA) is 44.0 Å². The molecule has 0 saturated carbocycles. The predicted molar refractivity (Wildman–Crippen MR) is 61.7 cm³/mol. The molecule has 0 radical (unpaired) electrons. The van der Waals surface area contributed by atoms with Gasteiger partial charge in [0, 0.05) is 35.8 Å². The number of rotatable bonds is 1. The summed E-state index contributed by atoms with van der Waals surface area (Å²) in [6, 6.07) is 7.96. The zero-order chi connectivity index (χ0) is 11.7. The summed E-state index contributed by atoms with van der Waals surface area (Å²) < 4.78 is 3.19. The van der Waals surface area contributed by atoms with E-state index in [2.05, 4.69) is 0 Å². The molecular weight excluding hydrogens is 204 g/mol. The zero-order valence-electron chi connectivity index (χ0n) is 9.18. The second-order valence-corrected chi connectivity index (χ2v) is 3.67. The van der Waals surface area contributed by atoms with E-state index in [0.29, 0.717) is 0 Å². The van der Waals surface area contributed by atoms with Crippen LogP contribution in [-0.2, 0) is 0 Å². The van der Waals surface area contributed by atoms with Crippen LogP contribution in [-0.4, -0.2) is 9.35 Å². The molecule has 16 heavy (non-hydrogen) atoms. The van der Waals surface area contributed by atoms with E-state index in [1.54, 1.807) is 36.9 Å². The number of aromatic nitrogens is 2. The molecule has 2 heterocycles. The standard InChI is InChI=1S/C12H12N2O2/c1-9-7-11(15)8-10(2)14(9)13-6-4-3-5-12(13)16/h3-8H,1-2H3. The second kappa shape index (κ2) is 3.81. The lowest BCUT2D eigenvalue weighted by Gasteiger charge is -2.15. The first kappa shape index (κ1) is 10.4. The van der Waals surface area contributed by atoms with Gasteiger partial charge in [0.15, 0.2) is 5.43 Å². The average molecular weight is 216 g/mol. The van der Waals surface area contributed by atoms with Crippen LogP contribution >= 0.6 is 0 Å². The summed E-state index contributed by atoms with van der Waals surface area (Å²) in [4.78, 5) is 23.0. The fourth-order valence-electron chi connectivity index (χ4n) is 1.78. The van der Waals surface area contributed by atoms with Gasteiger partial charge in [-0.1, -0.05) is 6.07 Å². The van der Waals surface area contributed by atoms with Gasteiger partial charge in [-0.2, -0.15) is 0 Å². The lowest BCUT2D eigenvalue weighted by molar-refractivity contribution is 0.587. The highest BCUT2D eigenvalue weighted by Crippen LogP contribution is 2.00. The molecule has 0 atom stereocenters. The van der Waals surface area contributed by atoms with Crippen molar-refractivity contribution in [3.8, 4) is 0 Å². The SMILES string of the molecule is Cc1cc(=O)cc(C)n1-n1ccccc1=O. The molecule has 2 aromatic heterocycles. The van der Waals surface area contributed by atoms with E-state index in [-0.39, 0.29) is 11.0 Å². The van der Waals surface area contributed by atoms with Crippen LogP contribution in [0.5, 0.6) is 0 Å². The van der Waals surface area contributed by atoms with Crippen molar-refractivity contribution in [2.75, 3.05) is 0 Å². The van der Waals surface area contributed by atoms with Crippen molar-refractivity contribution >= 4 is 0 Å². The number of aryl methyl sites for hydroxylation is 2. The minimum absolute atomic E-state index is 0.0461. The molecule has 0 aliphatic carbocycles. The molecule has 0 bridgehead atoms. The van der Waals surface area contributed by atoms with E-state index < -0.39 is 0 Å². The Morgan fingerprint density at radius 3 is 2.19 bits per heavy atom. The molecule has 4 nitrogen and oxygen atoms in total. The molecule has 4 heteroatoms. The third-order valence-electron chi connectivity index (χ3n) is 2.39. The normalized spacial score (nSPS) is 10.4. The Labute approximate surface area is 92.4 Å². The summed E-state index contributed by atoms with van der Waals surface area (Å²) in [7, 11) is 0. The van der Waals surface area contributed by atoms with Gasteiger partial charge < -0.3 is 0 Å². The van der Waals surface area contributed by atoms with Gasteiger partial charge in [0.25, 0.3) is 5.56 Å². The predicted octanol–water partition coefficient (Wildman–Crippen LogP) is 0.938. The summed E-state index contributed by atoms with van der Waals surface area (Å²) in [5.41, 5.74) is 1.30. The summed E-state index contributed by atoms with van der Waals surface area (Å²) in [6.07, 6.45) is 1.67. The van der Waals surface area contributed by atoms with Crippen molar-refractivity contribution in [2.24, 2.45) is 0 Å². The van der Waals surface area contributed by atoms with Gasteiger partial charge in [0.1, 0.15) is 0 Å². The Morgan fingerprint density at radius 2 is 1.62 bits per heavy atom. The van der Waals surface area contributed by atoms with Crippen molar-refractivity contribution in [3.63, 3.8) is 0 Å². The first-order valence-electron chi connectivity index (χ1n) is 4.98. The summed E-state index contributed by atoms with van der Waals surface area (Å²) >= 11 is 0. The lowest BCUT2D eigenvalue weighted by Crippen LogP contribution is -2.28. The minimum Gasteiger partial charge on any atom is -0.290 e. The average Bonchev–Trinajstić information content (AvgIpc) is 2.19. The Kier molecular flexibility index (Phi) is 2.48. The van der Waals surface area contributed by atoms with Gasteiger partial charge in [-0.05, 0) is 19.9 Å². The van der Waals surface area contributed by atoms with Gasteiger partial charge in [-0.15, -0.1) is 0 Å². The van der Waals surface area contributed by atoms with Gasteiger partial charge in [0.05, 0.1) is 0 Å². The van der Waals surface area contributed by atoms with Crippen molar-refractivity contribution < 1.29 is 0 Å². The quantitative estimate of drug-likeness (QED) is 0.712. The summed E-state index contributed by atoms with van der Waals surface area (Å²) in [5, 5.41) is 0. The van der Waals surface area contributed by atoms with Crippen LogP contribution in [0, 0.1) is 13.8 Å². The fraction of sp³-hybridized carbons (Fsp3) is 0.167. The fourth-order valence-corrected chi connectivity index (χ4v) is 1.78. The molecule has 0 amide bonds. The lowest BCUT2D eigenvalue weighted by atomic mass is 10.3. The highest BCUT2D eigenvalue weighted by atomic mass is 16.1. The molecule has 0 spiro atoms. The Balaban J connectivity index is 2.80. The van der Waals surface area contributed by atoms with Crippen LogP contribution in [0.25, 0.3) is 0 Å². The molecule has 2 aromatic rings. The van der Waals surface area contributed by atoms with E-state index in [1.165, 1.54) is 22.9 Å². The van der Waals surface area contributed by atoms with Gasteiger partial charge in [-0.3, -0.25) is 14.3 Å². The van der Waals surface area contributed by atoms with Crippen LogP contribution in [0.2, 0.25) is 0 Å². The van der Waals surface area contributed by atoms with E-state index in [0.717, 1.165) is 11.4 Å². The largest absolute Gasteiger partial charge is 0.290 e. The van der Waals surface area contributed by atoms with E-state index >= 15 is 0 Å². The number of hydrogen-bond donors (Lipinski definition) is 0. The Hall–Kier alpha value is -2.10. The van der Waals surface area contributed by atoms with Crippen molar-refractivity contribution in [1.29, 1.82) is 0 Å². The van der Waals surface area contributed by atoms with Crippen molar-refractivity contribution in [1.82, 2.24) is 9.35 Å². The highest BCUT2D eigenvalue weighted by molar-refractivity contribution is 5.13. The third-order valence-corrected chi connectivity index (χ3v) is 2.39. The molecule has 0 unspecified atom stereocenters. The first-order chi connectivity index (χ1) is 7.59. The van der Waals surface area contributed by atoms with E-state index in [9.17, 15) is 9.59 Å². The van der Waals surface area contributed by atoms with Gasteiger partial charge in [-0.25, -0.2) is 4.68 Å². The monoisotopic (exact) mass is 216 g/mol. The summed E-state index contributed by atoms with van der Waals surface area (Å²) in [6.45, 7) is 3.60. The number of nitrogens with zero attached hydrogens (tertiary/aromatic N) is 2. The number of hydrogen-bond acceptors (Lipinski definition) is 2. The van der Waals surface area contributed by atoms with Crippen molar-refractivity contribution in [2.45, 2.75) is 13.8 Å². The number of pyridine rings is 2. The molecule has 0 saturated heterocycles. The maximum atomic E-state index is 11.7. The van der Waals surface area contributed by atoms with E-state index in [1.807, 2.05) is 0 Å². The molecular formula is C12H12N2O2. The highest BCUT2D eigenvalue weighted by Gasteiger charge is 2.03. The molecule has 0 aromatic carbocycles. The second-order valence-electron chi connectivity index (χ2n) is 3.67. The van der Waals surface area contributed by atoms with Crippen LogP contribution in [0.15, 0.2) is 46.1 Å². The van der Waals surface area contributed by atoms with Crippen LogP contribution in [0.3, 0.4) is 0 Å².